The summed E-state index contributed by atoms with van der Waals surface area (Å²) in [6.07, 6.45) is 0. The second-order valence-electron chi connectivity index (χ2n) is 7.30. The third kappa shape index (κ3) is 3.90. The molecular weight excluding hydrogens is 408 g/mol. The van der Waals surface area contributed by atoms with E-state index in [9.17, 15) is 4.79 Å². The van der Waals surface area contributed by atoms with Crippen LogP contribution in [0, 0.1) is 0 Å². The minimum Gasteiger partial charge on any atom is -0.485 e. The Labute approximate surface area is 184 Å². The molecule has 31 heavy (non-hydrogen) atoms. The highest BCUT2D eigenvalue weighted by atomic mass is 35.5. The van der Waals surface area contributed by atoms with E-state index >= 15 is 0 Å². The van der Waals surface area contributed by atoms with E-state index in [-0.39, 0.29) is 18.9 Å². The van der Waals surface area contributed by atoms with E-state index in [1.54, 1.807) is 24.3 Å². The predicted octanol–water partition coefficient (Wildman–Crippen LogP) is 6.30. The Morgan fingerprint density at radius 2 is 1.61 bits per heavy atom. The average Bonchev–Trinajstić information content (AvgIpc) is 3.15. The molecule has 5 aromatic rings. The van der Waals surface area contributed by atoms with Gasteiger partial charge in [-0.05, 0) is 47.9 Å². The molecule has 0 unspecified atom stereocenters. The maximum atomic E-state index is 12.9. The standard InChI is InChI=1S/C26H19ClN2O2/c27-20-14-12-19(13-15-20)24(30)16-29-23-10-4-3-9-22(23)28-26(29)17-31-25-11-5-7-18-6-1-2-8-21(18)25/h1-15H,16-17H2. The number of para-hydroxylation sites is 2. The summed E-state index contributed by atoms with van der Waals surface area (Å²) in [6.45, 7) is 0.437. The molecule has 0 saturated carbocycles. The van der Waals surface area contributed by atoms with E-state index in [1.807, 2.05) is 59.2 Å². The monoisotopic (exact) mass is 426 g/mol. The molecule has 0 amide bonds. The summed E-state index contributed by atoms with van der Waals surface area (Å²) in [5, 5.41) is 2.77. The van der Waals surface area contributed by atoms with E-state index in [0.717, 1.165) is 27.6 Å². The summed E-state index contributed by atoms with van der Waals surface area (Å²) >= 11 is 5.96. The Morgan fingerprint density at radius 1 is 0.871 bits per heavy atom. The number of ether oxygens (including phenoxy) is 1. The van der Waals surface area contributed by atoms with Crippen LogP contribution < -0.4 is 4.74 Å². The fourth-order valence-corrected chi connectivity index (χ4v) is 3.87. The van der Waals surface area contributed by atoms with Crippen LogP contribution in [0.1, 0.15) is 16.2 Å². The highest BCUT2D eigenvalue weighted by Gasteiger charge is 2.16. The molecule has 0 radical (unpaired) electrons. The van der Waals surface area contributed by atoms with Crippen molar-refractivity contribution in [1.29, 1.82) is 0 Å². The van der Waals surface area contributed by atoms with Crippen molar-refractivity contribution in [3.05, 3.63) is 107 Å². The molecule has 152 valence electrons. The number of fused-ring (bicyclic) bond motifs is 2. The fourth-order valence-electron chi connectivity index (χ4n) is 3.75. The van der Waals surface area contributed by atoms with Crippen molar-refractivity contribution in [3.8, 4) is 5.75 Å². The number of aromatic nitrogens is 2. The van der Waals surface area contributed by atoms with Crippen LogP contribution in [0.3, 0.4) is 0 Å². The Balaban J connectivity index is 1.47. The highest BCUT2D eigenvalue weighted by molar-refractivity contribution is 6.30. The van der Waals surface area contributed by atoms with Gasteiger partial charge in [0.25, 0.3) is 0 Å². The Kier molecular flexibility index (Phi) is 5.14. The number of rotatable bonds is 6. The molecule has 0 fully saturated rings. The fraction of sp³-hybridized carbons (Fsp3) is 0.0769. The molecule has 5 rings (SSSR count). The summed E-state index contributed by atoms with van der Waals surface area (Å²) < 4.78 is 8.09. The molecule has 5 heteroatoms. The van der Waals surface area contributed by atoms with E-state index in [2.05, 4.69) is 12.1 Å². The van der Waals surface area contributed by atoms with Gasteiger partial charge in [0, 0.05) is 16.0 Å². The molecule has 0 bridgehead atoms. The number of halogens is 1. The minimum atomic E-state index is -0.00812. The number of carbonyl (C=O) groups excluding carboxylic acids is 1. The SMILES string of the molecule is O=C(Cn1c(COc2cccc3ccccc23)nc2ccccc21)c1ccc(Cl)cc1. The van der Waals surface area contributed by atoms with Crippen molar-refractivity contribution in [2.45, 2.75) is 13.2 Å². The second-order valence-corrected chi connectivity index (χ2v) is 7.74. The van der Waals surface area contributed by atoms with Crippen molar-refractivity contribution < 1.29 is 9.53 Å². The largest absolute Gasteiger partial charge is 0.485 e. The van der Waals surface area contributed by atoms with Gasteiger partial charge >= 0.3 is 0 Å². The van der Waals surface area contributed by atoms with Gasteiger partial charge < -0.3 is 9.30 Å². The smallest absolute Gasteiger partial charge is 0.182 e. The lowest BCUT2D eigenvalue weighted by Gasteiger charge is -2.12. The average molecular weight is 427 g/mol. The van der Waals surface area contributed by atoms with Gasteiger partial charge in [0.15, 0.2) is 5.78 Å². The normalized spacial score (nSPS) is 11.1. The number of nitrogens with zero attached hydrogens (tertiary/aromatic N) is 2. The van der Waals surface area contributed by atoms with Crippen LogP contribution in [0.25, 0.3) is 21.8 Å². The zero-order valence-electron chi connectivity index (χ0n) is 16.7. The Bertz CT molecular complexity index is 1380. The van der Waals surface area contributed by atoms with Gasteiger partial charge in [0.2, 0.25) is 0 Å². The topological polar surface area (TPSA) is 44.1 Å². The van der Waals surface area contributed by atoms with Crippen molar-refractivity contribution in [1.82, 2.24) is 9.55 Å². The first-order valence-electron chi connectivity index (χ1n) is 10.0. The maximum absolute atomic E-state index is 12.9. The molecular formula is C26H19ClN2O2. The van der Waals surface area contributed by atoms with Gasteiger partial charge in [-0.3, -0.25) is 4.79 Å². The van der Waals surface area contributed by atoms with Crippen molar-refractivity contribution in [2.24, 2.45) is 0 Å². The lowest BCUT2D eigenvalue weighted by molar-refractivity contribution is 0.0971. The summed E-state index contributed by atoms with van der Waals surface area (Å²) in [5.74, 6) is 1.49. The third-order valence-corrected chi connectivity index (χ3v) is 5.56. The molecule has 1 heterocycles. The van der Waals surface area contributed by atoms with Gasteiger partial charge in [-0.15, -0.1) is 0 Å². The van der Waals surface area contributed by atoms with E-state index < -0.39 is 0 Å². The van der Waals surface area contributed by atoms with Crippen LogP contribution in [0.2, 0.25) is 5.02 Å². The molecule has 4 aromatic carbocycles. The number of hydrogen-bond acceptors (Lipinski definition) is 3. The zero-order chi connectivity index (χ0) is 21.2. The summed E-state index contributed by atoms with van der Waals surface area (Å²) in [4.78, 5) is 17.7. The number of imidazole rings is 1. The van der Waals surface area contributed by atoms with Gasteiger partial charge in [-0.2, -0.15) is 0 Å². The van der Waals surface area contributed by atoms with Crippen LogP contribution in [-0.4, -0.2) is 15.3 Å². The summed E-state index contributed by atoms with van der Waals surface area (Å²) in [5.41, 5.74) is 2.35. The number of ketones is 1. The number of Topliss-reactive ketones (excluding diaryl/α,β-unsaturated/α-hetero) is 1. The summed E-state index contributed by atoms with van der Waals surface area (Å²) in [7, 11) is 0. The van der Waals surface area contributed by atoms with Crippen LogP contribution in [-0.2, 0) is 13.2 Å². The second kappa shape index (κ2) is 8.25. The van der Waals surface area contributed by atoms with Gasteiger partial charge in [-0.25, -0.2) is 4.98 Å². The molecule has 1 aromatic heterocycles. The van der Waals surface area contributed by atoms with Crippen molar-refractivity contribution in [3.63, 3.8) is 0 Å². The molecule has 0 aliphatic rings. The first kappa shape index (κ1) is 19.3. The molecule has 0 aliphatic heterocycles. The maximum Gasteiger partial charge on any atom is 0.182 e. The number of carbonyl (C=O) groups is 1. The summed E-state index contributed by atoms with van der Waals surface area (Å²) in [6, 6.07) is 28.8. The van der Waals surface area contributed by atoms with Crippen LogP contribution in [0.15, 0.2) is 91.0 Å². The number of hydrogen-bond donors (Lipinski definition) is 0. The van der Waals surface area contributed by atoms with E-state index in [1.165, 1.54) is 0 Å². The van der Waals surface area contributed by atoms with Gasteiger partial charge in [0.05, 0.1) is 17.6 Å². The van der Waals surface area contributed by atoms with E-state index in [0.29, 0.717) is 16.4 Å². The first-order chi connectivity index (χ1) is 15.2. The highest BCUT2D eigenvalue weighted by Crippen LogP contribution is 2.26. The molecule has 4 nitrogen and oxygen atoms in total. The molecule has 0 spiro atoms. The minimum absolute atomic E-state index is 0.00812. The molecule has 0 saturated heterocycles. The van der Waals surface area contributed by atoms with Crippen molar-refractivity contribution in [2.75, 3.05) is 0 Å². The van der Waals surface area contributed by atoms with Crippen LogP contribution in [0.5, 0.6) is 5.75 Å². The lowest BCUT2D eigenvalue weighted by Crippen LogP contribution is -2.14. The Hall–Kier alpha value is -3.63. The van der Waals surface area contributed by atoms with Gasteiger partial charge in [-0.1, -0.05) is 60.1 Å². The molecule has 0 N–H and O–H groups in total. The Morgan fingerprint density at radius 3 is 2.48 bits per heavy atom. The lowest BCUT2D eigenvalue weighted by atomic mass is 10.1. The first-order valence-corrected chi connectivity index (χ1v) is 10.4. The van der Waals surface area contributed by atoms with Crippen LogP contribution in [0.4, 0.5) is 0 Å². The zero-order valence-corrected chi connectivity index (χ0v) is 17.4. The van der Waals surface area contributed by atoms with Gasteiger partial charge in [0.1, 0.15) is 18.2 Å². The van der Waals surface area contributed by atoms with Crippen molar-refractivity contribution >= 4 is 39.2 Å². The molecule has 0 aliphatic carbocycles. The number of benzene rings is 4. The van der Waals surface area contributed by atoms with E-state index in [4.69, 9.17) is 21.3 Å². The predicted molar refractivity (Wildman–Crippen MR) is 124 cm³/mol. The molecule has 0 atom stereocenters. The van der Waals surface area contributed by atoms with Crippen LogP contribution >= 0.6 is 11.6 Å². The third-order valence-electron chi connectivity index (χ3n) is 5.31. The quantitative estimate of drug-likeness (QED) is 0.299.